The Labute approximate surface area is 182 Å². The number of pyridine rings is 2. The molecule has 0 aliphatic carbocycles. The highest BCUT2D eigenvalue weighted by atomic mass is 19.4. The summed E-state index contributed by atoms with van der Waals surface area (Å²) in [4.78, 5) is 8.65. The normalized spacial score (nSPS) is 11.8. The number of alkyl halides is 3. The van der Waals surface area contributed by atoms with Gasteiger partial charge in [-0.2, -0.15) is 18.3 Å². The van der Waals surface area contributed by atoms with Gasteiger partial charge in [0, 0.05) is 23.5 Å². The molecular weight excluding hydrogens is 413 g/mol. The van der Waals surface area contributed by atoms with E-state index in [0.717, 1.165) is 11.6 Å². The molecule has 0 amide bonds. The van der Waals surface area contributed by atoms with Crippen LogP contribution in [0.5, 0.6) is 0 Å². The average Bonchev–Trinajstić information content (AvgIpc) is 3.19. The van der Waals surface area contributed by atoms with Gasteiger partial charge in [-0.3, -0.25) is 4.98 Å². The Bertz CT molecular complexity index is 1390. The van der Waals surface area contributed by atoms with Crippen molar-refractivity contribution in [1.29, 1.82) is 0 Å². The van der Waals surface area contributed by atoms with Crippen molar-refractivity contribution in [3.05, 3.63) is 96.3 Å². The van der Waals surface area contributed by atoms with Crippen LogP contribution in [0.2, 0.25) is 0 Å². The predicted octanol–water partition coefficient (Wildman–Crippen LogP) is 6.48. The molecule has 0 aliphatic rings. The number of hydrogen-bond acceptors (Lipinski definition) is 3. The van der Waals surface area contributed by atoms with Crippen LogP contribution in [0.3, 0.4) is 0 Å². The van der Waals surface area contributed by atoms with E-state index in [2.05, 4.69) is 15.1 Å². The molecule has 0 saturated carbocycles. The Morgan fingerprint density at radius 3 is 2.25 bits per heavy atom. The number of benzene rings is 2. The highest BCUT2D eigenvalue weighted by Gasteiger charge is 2.36. The first-order valence-electron chi connectivity index (χ1n) is 9.95. The van der Waals surface area contributed by atoms with Crippen molar-refractivity contribution in [3.8, 4) is 28.2 Å². The molecule has 5 rings (SSSR count). The van der Waals surface area contributed by atoms with Gasteiger partial charge in [-0.05, 0) is 37.3 Å². The molecule has 158 valence electrons. The Morgan fingerprint density at radius 1 is 0.844 bits per heavy atom. The largest absolute Gasteiger partial charge is 0.417 e. The number of halogens is 3. The minimum atomic E-state index is -4.60. The van der Waals surface area contributed by atoms with Gasteiger partial charge in [0.05, 0.1) is 22.3 Å². The van der Waals surface area contributed by atoms with Gasteiger partial charge in [0.2, 0.25) is 0 Å². The van der Waals surface area contributed by atoms with Crippen molar-refractivity contribution < 1.29 is 13.2 Å². The number of fused-ring (bicyclic) bond motifs is 1. The number of para-hydroxylation sites is 1. The third-order valence-electron chi connectivity index (χ3n) is 5.23. The van der Waals surface area contributed by atoms with Crippen molar-refractivity contribution in [2.45, 2.75) is 13.1 Å². The maximum Gasteiger partial charge on any atom is 0.417 e. The molecule has 7 heteroatoms. The van der Waals surface area contributed by atoms with Crippen LogP contribution in [0.4, 0.5) is 13.2 Å². The molecule has 5 aromatic rings. The van der Waals surface area contributed by atoms with Crippen LogP contribution in [0.15, 0.2) is 85.2 Å². The SMILES string of the molecule is Cc1ccc(-c2nn(-c3ccccc3)c3nc(-c4cccnc4)cc(C(F)(F)F)c23)cc1. The van der Waals surface area contributed by atoms with Gasteiger partial charge in [-0.25, -0.2) is 9.67 Å². The highest BCUT2D eigenvalue weighted by molar-refractivity contribution is 5.96. The Balaban J connectivity index is 1.90. The van der Waals surface area contributed by atoms with Crippen LogP contribution in [0.1, 0.15) is 11.1 Å². The van der Waals surface area contributed by atoms with Crippen molar-refractivity contribution in [2.75, 3.05) is 0 Å². The van der Waals surface area contributed by atoms with Crippen LogP contribution in [0.25, 0.3) is 39.2 Å². The second-order valence-electron chi connectivity index (χ2n) is 7.46. The van der Waals surface area contributed by atoms with Gasteiger partial charge in [0.1, 0.15) is 5.69 Å². The summed E-state index contributed by atoms with van der Waals surface area (Å²) >= 11 is 0. The van der Waals surface area contributed by atoms with Gasteiger partial charge >= 0.3 is 6.18 Å². The topological polar surface area (TPSA) is 43.6 Å². The molecule has 0 bridgehead atoms. The zero-order valence-electron chi connectivity index (χ0n) is 17.0. The average molecular weight is 430 g/mol. The highest BCUT2D eigenvalue weighted by Crippen LogP contribution is 2.41. The maximum atomic E-state index is 14.3. The molecule has 2 aromatic carbocycles. The first-order valence-corrected chi connectivity index (χ1v) is 9.95. The van der Waals surface area contributed by atoms with E-state index in [0.29, 0.717) is 16.8 Å². The summed E-state index contributed by atoms with van der Waals surface area (Å²) < 4.78 is 44.4. The van der Waals surface area contributed by atoms with Crippen molar-refractivity contribution in [2.24, 2.45) is 0 Å². The standard InChI is InChI=1S/C25H17F3N4/c1-16-9-11-17(12-10-16)23-22-20(25(26,27)28)14-21(18-6-5-13-29-15-18)30-24(22)32(31-23)19-7-3-2-4-8-19/h2-15H,1H3. The molecule has 0 N–H and O–H groups in total. The Hall–Kier alpha value is -4.00. The monoisotopic (exact) mass is 430 g/mol. The van der Waals surface area contributed by atoms with Crippen LogP contribution >= 0.6 is 0 Å². The van der Waals surface area contributed by atoms with Crippen molar-refractivity contribution in [1.82, 2.24) is 19.7 Å². The van der Waals surface area contributed by atoms with E-state index < -0.39 is 11.7 Å². The fraction of sp³-hybridized carbons (Fsp3) is 0.0800. The van der Waals surface area contributed by atoms with Crippen LogP contribution < -0.4 is 0 Å². The summed E-state index contributed by atoms with van der Waals surface area (Å²) in [7, 11) is 0. The molecule has 0 saturated heterocycles. The Morgan fingerprint density at radius 2 is 1.59 bits per heavy atom. The molecule has 0 spiro atoms. The number of aromatic nitrogens is 4. The lowest BCUT2D eigenvalue weighted by molar-refractivity contribution is -0.136. The summed E-state index contributed by atoms with van der Waals surface area (Å²) in [6.07, 6.45) is -1.53. The lowest BCUT2D eigenvalue weighted by atomic mass is 10.0. The summed E-state index contributed by atoms with van der Waals surface area (Å²) in [5, 5.41) is 4.58. The number of hydrogen-bond donors (Lipinski definition) is 0. The third-order valence-corrected chi connectivity index (χ3v) is 5.23. The van der Waals surface area contributed by atoms with Gasteiger partial charge in [-0.15, -0.1) is 0 Å². The first-order chi connectivity index (χ1) is 15.4. The minimum absolute atomic E-state index is 0.0298. The Kier molecular flexibility index (Phi) is 4.74. The van der Waals surface area contributed by atoms with E-state index >= 15 is 0 Å². The second-order valence-corrected chi connectivity index (χ2v) is 7.46. The molecular formula is C25H17F3N4. The third kappa shape index (κ3) is 3.51. The molecule has 32 heavy (non-hydrogen) atoms. The van der Waals surface area contributed by atoms with E-state index in [1.54, 1.807) is 42.6 Å². The van der Waals surface area contributed by atoms with E-state index in [4.69, 9.17) is 0 Å². The van der Waals surface area contributed by atoms with Gasteiger partial charge in [0.15, 0.2) is 5.65 Å². The fourth-order valence-electron chi connectivity index (χ4n) is 3.66. The smallest absolute Gasteiger partial charge is 0.264 e. The van der Waals surface area contributed by atoms with Gasteiger partial charge < -0.3 is 0 Å². The van der Waals surface area contributed by atoms with Crippen molar-refractivity contribution >= 4 is 11.0 Å². The van der Waals surface area contributed by atoms with Gasteiger partial charge in [-0.1, -0.05) is 48.0 Å². The summed E-state index contributed by atoms with van der Waals surface area (Å²) in [6, 6.07) is 20.7. The fourth-order valence-corrected chi connectivity index (χ4v) is 3.66. The summed E-state index contributed by atoms with van der Waals surface area (Å²) in [6.45, 7) is 1.92. The zero-order chi connectivity index (χ0) is 22.3. The van der Waals surface area contributed by atoms with E-state index in [1.165, 1.54) is 10.9 Å². The molecule has 0 fully saturated rings. The molecule has 4 nitrogen and oxygen atoms in total. The van der Waals surface area contributed by atoms with Gasteiger partial charge in [0.25, 0.3) is 0 Å². The minimum Gasteiger partial charge on any atom is -0.264 e. The zero-order valence-corrected chi connectivity index (χ0v) is 17.0. The molecule has 0 atom stereocenters. The lowest BCUT2D eigenvalue weighted by Gasteiger charge is -2.12. The van der Waals surface area contributed by atoms with Crippen molar-refractivity contribution in [3.63, 3.8) is 0 Å². The molecule has 0 unspecified atom stereocenters. The molecule has 0 aliphatic heterocycles. The van der Waals surface area contributed by atoms with E-state index in [9.17, 15) is 13.2 Å². The molecule has 3 heterocycles. The molecule has 3 aromatic heterocycles. The van der Waals surface area contributed by atoms with Crippen LogP contribution in [-0.2, 0) is 6.18 Å². The second kappa shape index (κ2) is 7.60. The lowest BCUT2D eigenvalue weighted by Crippen LogP contribution is -2.08. The maximum absolute atomic E-state index is 14.3. The summed E-state index contributed by atoms with van der Waals surface area (Å²) in [5.74, 6) is 0. The van der Waals surface area contributed by atoms with E-state index in [1.807, 2.05) is 37.3 Å². The predicted molar refractivity (Wildman–Crippen MR) is 117 cm³/mol. The number of rotatable bonds is 3. The van der Waals surface area contributed by atoms with Crippen LogP contribution in [0, 0.1) is 6.92 Å². The first kappa shape index (κ1) is 19.9. The number of nitrogens with zero attached hydrogens (tertiary/aromatic N) is 4. The van der Waals surface area contributed by atoms with Crippen LogP contribution in [-0.4, -0.2) is 19.7 Å². The summed E-state index contributed by atoms with van der Waals surface area (Å²) in [5.41, 5.74) is 2.51. The molecule has 0 radical (unpaired) electrons. The number of aryl methyl sites for hydroxylation is 1. The van der Waals surface area contributed by atoms with E-state index in [-0.39, 0.29) is 22.4 Å². The quantitative estimate of drug-likeness (QED) is 0.329.